The van der Waals surface area contributed by atoms with Gasteiger partial charge in [-0.1, -0.05) is 0 Å². The molecule has 0 bridgehead atoms. The number of imide groups is 1. The van der Waals surface area contributed by atoms with E-state index in [9.17, 15) is 9.59 Å². The van der Waals surface area contributed by atoms with E-state index < -0.39 is 0 Å². The monoisotopic (exact) mass is 248 g/mol. The van der Waals surface area contributed by atoms with E-state index in [2.05, 4.69) is 5.32 Å². The number of hydrogen-bond acceptors (Lipinski definition) is 4. The second-order valence-corrected chi connectivity index (χ2v) is 4.11. The molecule has 1 heterocycles. The summed E-state index contributed by atoms with van der Waals surface area (Å²) >= 11 is 0. The van der Waals surface area contributed by atoms with Crippen molar-refractivity contribution in [2.75, 3.05) is 25.5 Å². The largest absolute Gasteiger partial charge is 0.484 e. The Morgan fingerprint density at radius 1 is 1.39 bits per heavy atom. The Morgan fingerprint density at radius 3 is 2.67 bits per heavy atom. The van der Waals surface area contributed by atoms with Crippen LogP contribution in [0.1, 0.15) is 12.8 Å². The van der Waals surface area contributed by atoms with E-state index in [0.717, 1.165) is 12.1 Å². The number of hydrogen-bond donors (Lipinski definition) is 1. The van der Waals surface area contributed by atoms with E-state index in [-0.39, 0.29) is 18.4 Å². The summed E-state index contributed by atoms with van der Waals surface area (Å²) in [6, 6.07) is 7.29. The fraction of sp³-hybridized carbons (Fsp3) is 0.385. The third kappa shape index (κ3) is 2.80. The molecule has 2 amide bonds. The van der Waals surface area contributed by atoms with Crippen molar-refractivity contribution in [3.8, 4) is 5.75 Å². The van der Waals surface area contributed by atoms with Crippen molar-refractivity contribution in [1.29, 1.82) is 0 Å². The lowest BCUT2D eigenvalue weighted by molar-refractivity contribution is -0.143. The molecule has 0 unspecified atom stereocenters. The average Bonchev–Trinajstić information content (AvgIpc) is 2.83. The van der Waals surface area contributed by atoms with Gasteiger partial charge in [-0.2, -0.15) is 0 Å². The smallest absolute Gasteiger partial charge is 0.267 e. The van der Waals surface area contributed by atoms with Gasteiger partial charge in [0.15, 0.2) is 6.61 Å². The van der Waals surface area contributed by atoms with Crippen molar-refractivity contribution in [2.24, 2.45) is 0 Å². The number of rotatable bonds is 4. The molecule has 5 heteroatoms. The SMILES string of the molecule is CNc1ccc(OCC(=O)N2CCCC2=O)cc1. The third-order valence-corrected chi connectivity index (χ3v) is 2.88. The lowest BCUT2D eigenvalue weighted by Gasteiger charge is -2.14. The number of carbonyl (C=O) groups is 2. The number of amides is 2. The minimum Gasteiger partial charge on any atom is -0.484 e. The third-order valence-electron chi connectivity index (χ3n) is 2.88. The van der Waals surface area contributed by atoms with Crippen molar-refractivity contribution >= 4 is 17.5 Å². The van der Waals surface area contributed by atoms with Crippen LogP contribution in [0.5, 0.6) is 5.75 Å². The van der Waals surface area contributed by atoms with Gasteiger partial charge in [0, 0.05) is 25.7 Å². The summed E-state index contributed by atoms with van der Waals surface area (Å²) in [5, 5.41) is 2.99. The fourth-order valence-electron chi connectivity index (χ4n) is 1.85. The first-order valence-corrected chi connectivity index (χ1v) is 5.94. The van der Waals surface area contributed by atoms with Gasteiger partial charge in [0.2, 0.25) is 5.91 Å². The predicted octanol–water partition coefficient (Wildman–Crippen LogP) is 1.26. The Labute approximate surface area is 106 Å². The first-order chi connectivity index (χ1) is 8.70. The molecule has 1 aromatic rings. The number of anilines is 1. The van der Waals surface area contributed by atoms with E-state index in [1.165, 1.54) is 4.90 Å². The second-order valence-electron chi connectivity index (χ2n) is 4.11. The first-order valence-electron chi connectivity index (χ1n) is 5.94. The zero-order valence-corrected chi connectivity index (χ0v) is 10.3. The zero-order valence-electron chi connectivity index (χ0n) is 10.3. The molecule has 96 valence electrons. The maximum absolute atomic E-state index is 11.7. The number of carbonyl (C=O) groups excluding carboxylic acids is 2. The van der Waals surface area contributed by atoms with E-state index >= 15 is 0 Å². The second kappa shape index (κ2) is 5.53. The lowest BCUT2D eigenvalue weighted by Crippen LogP contribution is -2.35. The lowest BCUT2D eigenvalue weighted by atomic mass is 10.3. The summed E-state index contributed by atoms with van der Waals surface area (Å²) in [4.78, 5) is 24.3. The summed E-state index contributed by atoms with van der Waals surface area (Å²) in [7, 11) is 1.83. The van der Waals surface area contributed by atoms with Crippen LogP contribution in [-0.4, -0.2) is 36.9 Å². The molecule has 0 atom stereocenters. The molecule has 1 N–H and O–H groups in total. The first kappa shape index (κ1) is 12.4. The van der Waals surface area contributed by atoms with E-state index in [1.54, 1.807) is 12.1 Å². The Hall–Kier alpha value is -2.04. The summed E-state index contributed by atoms with van der Waals surface area (Å²) in [5.41, 5.74) is 0.975. The van der Waals surface area contributed by atoms with Gasteiger partial charge in [-0.05, 0) is 30.7 Å². The standard InChI is InChI=1S/C13H16N2O3/c1-14-10-4-6-11(7-5-10)18-9-13(17)15-8-2-3-12(15)16/h4-7,14H,2-3,8-9H2,1H3. The highest BCUT2D eigenvalue weighted by Crippen LogP contribution is 2.16. The molecule has 0 saturated carbocycles. The van der Waals surface area contributed by atoms with Gasteiger partial charge in [0.1, 0.15) is 5.75 Å². The molecule has 0 aliphatic carbocycles. The predicted molar refractivity (Wildman–Crippen MR) is 67.4 cm³/mol. The van der Waals surface area contributed by atoms with Crippen LogP contribution in [0.3, 0.4) is 0 Å². The highest BCUT2D eigenvalue weighted by molar-refractivity contribution is 5.97. The van der Waals surface area contributed by atoms with E-state index in [4.69, 9.17) is 4.74 Å². The van der Waals surface area contributed by atoms with Crippen LogP contribution in [0.15, 0.2) is 24.3 Å². The number of nitrogens with one attached hydrogen (secondary N) is 1. The molecule has 18 heavy (non-hydrogen) atoms. The van der Waals surface area contributed by atoms with Crippen LogP contribution < -0.4 is 10.1 Å². The highest BCUT2D eigenvalue weighted by atomic mass is 16.5. The topological polar surface area (TPSA) is 58.6 Å². The molecule has 2 rings (SSSR count). The van der Waals surface area contributed by atoms with Crippen molar-refractivity contribution in [2.45, 2.75) is 12.8 Å². The van der Waals surface area contributed by atoms with Crippen LogP contribution in [-0.2, 0) is 9.59 Å². The molecule has 1 aliphatic rings. The van der Waals surface area contributed by atoms with Gasteiger partial charge in [-0.15, -0.1) is 0 Å². The summed E-state index contributed by atoms with van der Waals surface area (Å²) in [6.45, 7) is 0.421. The fourth-order valence-corrected chi connectivity index (χ4v) is 1.85. The zero-order chi connectivity index (χ0) is 13.0. The molecule has 1 aliphatic heterocycles. The Bertz CT molecular complexity index is 442. The van der Waals surface area contributed by atoms with Gasteiger partial charge in [0.25, 0.3) is 5.91 Å². The van der Waals surface area contributed by atoms with Gasteiger partial charge in [-0.25, -0.2) is 0 Å². The molecule has 1 aromatic carbocycles. The van der Waals surface area contributed by atoms with Gasteiger partial charge in [0.05, 0.1) is 0 Å². The minimum absolute atomic E-state index is 0.0926. The van der Waals surface area contributed by atoms with Crippen molar-refractivity contribution in [3.05, 3.63) is 24.3 Å². The van der Waals surface area contributed by atoms with Crippen LogP contribution in [0, 0.1) is 0 Å². The molecule has 5 nitrogen and oxygen atoms in total. The van der Waals surface area contributed by atoms with Crippen LogP contribution >= 0.6 is 0 Å². The Balaban J connectivity index is 1.86. The Kier molecular flexibility index (Phi) is 3.82. The quantitative estimate of drug-likeness (QED) is 0.871. The van der Waals surface area contributed by atoms with Crippen LogP contribution in [0.2, 0.25) is 0 Å². The molecular formula is C13H16N2O3. The molecule has 1 saturated heterocycles. The number of likely N-dealkylation sites (tertiary alicyclic amines) is 1. The van der Waals surface area contributed by atoms with E-state index in [1.807, 2.05) is 19.2 Å². The molecule has 0 radical (unpaired) electrons. The number of ether oxygens (including phenoxy) is 1. The molecule has 0 aromatic heterocycles. The number of benzene rings is 1. The van der Waals surface area contributed by atoms with Crippen LogP contribution in [0.25, 0.3) is 0 Å². The van der Waals surface area contributed by atoms with Crippen molar-refractivity contribution in [3.63, 3.8) is 0 Å². The molecule has 0 spiro atoms. The number of nitrogens with zero attached hydrogens (tertiary/aromatic N) is 1. The van der Waals surface area contributed by atoms with E-state index in [0.29, 0.717) is 18.7 Å². The summed E-state index contributed by atoms with van der Waals surface area (Å²) < 4.78 is 5.36. The normalized spacial score (nSPS) is 14.7. The van der Waals surface area contributed by atoms with Gasteiger partial charge >= 0.3 is 0 Å². The van der Waals surface area contributed by atoms with Gasteiger partial charge in [-0.3, -0.25) is 14.5 Å². The van der Waals surface area contributed by atoms with Gasteiger partial charge < -0.3 is 10.1 Å². The van der Waals surface area contributed by atoms with Crippen molar-refractivity contribution < 1.29 is 14.3 Å². The average molecular weight is 248 g/mol. The summed E-state index contributed by atoms with van der Waals surface area (Å²) in [5.74, 6) is 0.248. The Morgan fingerprint density at radius 2 is 2.11 bits per heavy atom. The van der Waals surface area contributed by atoms with Crippen molar-refractivity contribution in [1.82, 2.24) is 4.90 Å². The minimum atomic E-state index is -0.268. The molecular weight excluding hydrogens is 232 g/mol. The van der Waals surface area contributed by atoms with Crippen LogP contribution in [0.4, 0.5) is 5.69 Å². The highest BCUT2D eigenvalue weighted by Gasteiger charge is 2.26. The maximum atomic E-state index is 11.7. The summed E-state index contributed by atoms with van der Waals surface area (Å²) in [6.07, 6.45) is 1.21. The molecule has 1 fully saturated rings. The maximum Gasteiger partial charge on any atom is 0.267 e.